The van der Waals surface area contributed by atoms with Gasteiger partial charge in [0.25, 0.3) is 5.92 Å². The first-order valence-electron chi connectivity index (χ1n) is 6.54. The summed E-state index contributed by atoms with van der Waals surface area (Å²) in [5, 5.41) is 0.959. The molecule has 0 saturated carbocycles. The molecule has 0 bridgehead atoms. The predicted octanol–water partition coefficient (Wildman–Crippen LogP) is 3.78. The Kier molecular flexibility index (Phi) is 2.88. The van der Waals surface area contributed by atoms with Gasteiger partial charge in [0.1, 0.15) is 0 Å². The summed E-state index contributed by atoms with van der Waals surface area (Å²) in [5.41, 5.74) is 2.84. The fourth-order valence-corrected chi connectivity index (χ4v) is 2.75. The summed E-state index contributed by atoms with van der Waals surface area (Å²) in [6, 6.07) is 7.70. The van der Waals surface area contributed by atoms with E-state index < -0.39 is 5.92 Å². The molecule has 2 heterocycles. The molecule has 100 valence electrons. The van der Waals surface area contributed by atoms with Crippen molar-refractivity contribution in [2.75, 3.05) is 18.0 Å². The van der Waals surface area contributed by atoms with Crippen LogP contribution in [0.5, 0.6) is 0 Å². The van der Waals surface area contributed by atoms with Gasteiger partial charge in [0.2, 0.25) is 0 Å². The molecule has 1 aliphatic rings. The molecule has 0 radical (unpaired) electrons. The summed E-state index contributed by atoms with van der Waals surface area (Å²) in [5.74, 6) is -2.59. The molecule has 1 aliphatic heterocycles. The molecule has 1 aromatic carbocycles. The Morgan fingerprint density at radius 1 is 1.26 bits per heavy atom. The minimum atomic E-state index is -2.59. The molecular formula is C15H16F2N2. The molecule has 0 amide bonds. The van der Waals surface area contributed by atoms with Crippen molar-refractivity contribution in [2.24, 2.45) is 0 Å². The van der Waals surface area contributed by atoms with Gasteiger partial charge in [0, 0.05) is 30.2 Å². The summed E-state index contributed by atoms with van der Waals surface area (Å²) in [4.78, 5) is 6.14. The van der Waals surface area contributed by atoms with E-state index in [-0.39, 0.29) is 13.0 Å². The van der Waals surface area contributed by atoms with Gasteiger partial charge in [0.05, 0.1) is 12.1 Å². The normalized spacial score (nSPS) is 18.8. The van der Waals surface area contributed by atoms with Gasteiger partial charge in [-0.2, -0.15) is 0 Å². The van der Waals surface area contributed by atoms with E-state index in [1.165, 1.54) is 0 Å². The first kappa shape index (κ1) is 12.3. The number of fused-ring (bicyclic) bond motifs is 1. The molecule has 0 unspecified atom stereocenters. The molecule has 0 N–H and O–H groups in total. The summed E-state index contributed by atoms with van der Waals surface area (Å²) in [6.07, 6.45) is 2.26. The average molecular weight is 262 g/mol. The molecule has 19 heavy (non-hydrogen) atoms. The Bertz CT molecular complexity index is 610. The van der Waals surface area contributed by atoms with Crippen LogP contribution in [0.25, 0.3) is 10.9 Å². The van der Waals surface area contributed by atoms with Crippen molar-refractivity contribution in [3.63, 3.8) is 0 Å². The highest BCUT2D eigenvalue weighted by Crippen LogP contribution is 2.34. The van der Waals surface area contributed by atoms with Gasteiger partial charge in [-0.15, -0.1) is 0 Å². The SMILES string of the molecule is Cc1ccc(N2CCCC(F)(F)C2)c2cccnc12. The van der Waals surface area contributed by atoms with Crippen LogP contribution in [0.1, 0.15) is 18.4 Å². The Morgan fingerprint density at radius 2 is 2.11 bits per heavy atom. The molecule has 0 aliphatic carbocycles. The topological polar surface area (TPSA) is 16.1 Å². The fourth-order valence-electron chi connectivity index (χ4n) is 2.75. The summed E-state index contributed by atoms with van der Waals surface area (Å²) < 4.78 is 27.1. The van der Waals surface area contributed by atoms with Gasteiger partial charge >= 0.3 is 0 Å². The smallest absolute Gasteiger partial charge is 0.265 e. The Labute approximate surface area is 111 Å². The van der Waals surface area contributed by atoms with Crippen LogP contribution in [0, 0.1) is 6.92 Å². The zero-order valence-electron chi connectivity index (χ0n) is 10.9. The van der Waals surface area contributed by atoms with E-state index in [1.807, 2.05) is 31.2 Å². The third kappa shape index (κ3) is 2.27. The number of nitrogens with zero attached hydrogens (tertiary/aromatic N) is 2. The molecule has 1 saturated heterocycles. The molecule has 1 fully saturated rings. The largest absolute Gasteiger partial charge is 0.365 e. The predicted molar refractivity (Wildman–Crippen MR) is 72.9 cm³/mol. The van der Waals surface area contributed by atoms with E-state index in [4.69, 9.17) is 0 Å². The van der Waals surface area contributed by atoms with Crippen LogP contribution in [0.2, 0.25) is 0 Å². The number of rotatable bonds is 1. The number of benzene rings is 1. The van der Waals surface area contributed by atoms with Crippen molar-refractivity contribution in [1.82, 2.24) is 4.98 Å². The molecule has 0 spiro atoms. The number of halogens is 2. The zero-order chi connectivity index (χ0) is 13.5. The second-order valence-corrected chi connectivity index (χ2v) is 5.18. The summed E-state index contributed by atoms with van der Waals surface area (Å²) in [6.45, 7) is 2.48. The van der Waals surface area contributed by atoms with E-state index in [1.54, 1.807) is 11.1 Å². The molecule has 2 aromatic rings. The second kappa shape index (κ2) is 4.44. The number of alkyl halides is 2. The van der Waals surface area contributed by atoms with Crippen molar-refractivity contribution in [3.8, 4) is 0 Å². The number of hydrogen-bond donors (Lipinski definition) is 0. The van der Waals surface area contributed by atoms with Crippen LogP contribution < -0.4 is 4.90 Å². The fraction of sp³-hybridized carbons (Fsp3) is 0.400. The number of piperidine rings is 1. The average Bonchev–Trinajstić information content (AvgIpc) is 2.38. The lowest BCUT2D eigenvalue weighted by Crippen LogP contribution is -2.42. The van der Waals surface area contributed by atoms with Gasteiger partial charge in [-0.1, -0.05) is 6.07 Å². The first-order valence-corrected chi connectivity index (χ1v) is 6.54. The van der Waals surface area contributed by atoms with E-state index in [2.05, 4.69) is 4.98 Å². The molecular weight excluding hydrogens is 246 g/mol. The summed E-state index contributed by atoms with van der Waals surface area (Å²) in [7, 11) is 0. The zero-order valence-corrected chi connectivity index (χ0v) is 10.9. The monoisotopic (exact) mass is 262 g/mol. The Hall–Kier alpha value is -1.71. The second-order valence-electron chi connectivity index (χ2n) is 5.18. The Morgan fingerprint density at radius 3 is 2.89 bits per heavy atom. The quantitative estimate of drug-likeness (QED) is 0.777. The molecule has 0 atom stereocenters. The van der Waals surface area contributed by atoms with Crippen molar-refractivity contribution in [2.45, 2.75) is 25.7 Å². The van der Waals surface area contributed by atoms with Crippen molar-refractivity contribution in [3.05, 3.63) is 36.0 Å². The van der Waals surface area contributed by atoms with Crippen molar-refractivity contribution >= 4 is 16.6 Å². The number of hydrogen-bond acceptors (Lipinski definition) is 2. The standard InChI is InChI=1S/C15H16F2N2/c1-11-5-6-13(12-4-2-8-18-14(11)12)19-9-3-7-15(16,17)10-19/h2,4-6,8H,3,7,9-10H2,1H3. The minimum absolute atomic E-state index is 0.00839. The van der Waals surface area contributed by atoms with Gasteiger partial charge in [0.15, 0.2) is 0 Å². The van der Waals surface area contributed by atoms with Gasteiger partial charge in [-0.3, -0.25) is 4.98 Å². The maximum absolute atomic E-state index is 13.6. The highest BCUT2D eigenvalue weighted by atomic mass is 19.3. The van der Waals surface area contributed by atoms with Crippen molar-refractivity contribution in [1.29, 1.82) is 0 Å². The number of aryl methyl sites for hydroxylation is 1. The maximum Gasteiger partial charge on any atom is 0.265 e. The molecule has 4 heteroatoms. The van der Waals surface area contributed by atoms with Crippen LogP contribution in [-0.4, -0.2) is 24.0 Å². The maximum atomic E-state index is 13.6. The highest BCUT2D eigenvalue weighted by Gasteiger charge is 2.35. The van der Waals surface area contributed by atoms with E-state index in [9.17, 15) is 8.78 Å². The van der Waals surface area contributed by atoms with Crippen LogP contribution in [0.15, 0.2) is 30.5 Å². The van der Waals surface area contributed by atoms with E-state index in [0.717, 1.165) is 22.2 Å². The summed E-state index contributed by atoms with van der Waals surface area (Å²) >= 11 is 0. The lowest BCUT2D eigenvalue weighted by molar-refractivity contribution is -0.0116. The number of aromatic nitrogens is 1. The first-order chi connectivity index (χ1) is 9.07. The third-order valence-corrected chi connectivity index (χ3v) is 3.68. The molecule has 1 aromatic heterocycles. The molecule has 2 nitrogen and oxygen atoms in total. The van der Waals surface area contributed by atoms with Gasteiger partial charge in [-0.25, -0.2) is 8.78 Å². The minimum Gasteiger partial charge on any atom is -0.365 e. The number of pyridine rings is 1. The van der Waals surface area contributed by atoms with Gasteiger partial charge < -0.3 is 4.90 Å². The Balaban J connectivity index is 2.08. The van der Waals surface area contributed by atoms with Crippen LogP contribution in [0.3, 0.4) is 0 Å². The third-order valence-electron chi connectivity index (χ3n) is 3.68. The highest BCUT2D eigenvalue weighted by molar-refractivity contribution is 5.93. The lowest BCUT2D eigenvalue weighted by Gasteiger charge is -2.34. The molecule has 3 rings (SSSR count). The lowest BCUT2D eigenvalue weighted by atomic mass is 10.0. The van der Waals surface area contributed by atoms with E-state index >= 15 is 0 Å². The van der Waals surface area contributed by atoms with Crippen LogP contribution >= 0.6 is 0 Å². The van der Waals surface area contributed by atoms with Crippen molar-refractivity contribution < 1.29 is 8.78 Å². The van der Waals surface area contributed by atoms with Crippen LogP contribution in [-0.2, 0) is 0 Å². The number of anilines is 1. The van der Waals surface area contributed by atoms with Gasteiger partial charge in [-0.05, 0) is 37.1 Å². The van der Waals surface area contributed by atoms with E-state index in [0.29, 0.717) is 13.0 Å². The van der Waals surface area contributed by atoms with Crippen LogP contribution in [0.4, 0.5) is 14.5 Å².